The molecule has 0 amide bonds. The van der Waals surface area contributed by atoms with Crippen molar-refractivity contribution in [1.82, 2.24) is 14.7 Å². The van der Waals surface area contributed by atoms with E-state index in [1.807, 2.05) is 18.8 Å². The number of rotatable bonds is 5. The Morgan fingerprint density at radius 2 is 1.90 bits per heavy atom. The smallest absolute Gasteiger partial charge is 0.101 e. The molecule has 0 radical (unpaired) electrons. The Bertz CT molecular complexity index is 479. The number of hydrogen-bond acceptors (Lipinski definition) is 3. The van der Waals surface area contributed by atoms with Crippen LogP contribution in [0.15, 0.2) is 6.20 Å². The first-order valence-corrected chi connectivity index (χ1v) is 7.52. The van der Waals surface area contributed by atoms with Gasteiger partial charge in [-0.1, -0.05) is 39.3 Å². The number of likely N-dealkylation sites (N-methyl/N-ethyl adjacent to an activating group) is 1. The van der Waals surface area contributed by atoms with Gasteiger partial charge in [-0.15, -0.1) is 0 Å². The van der Waals surface area contributed by atoms with Crippen molar-refractivity contribution in [3.05, 3.63) is 16.9 Å². The summed E-state index contributed by atoms with van der Waals surface area (Å²) in [5.41, 5.74) is 0.996. The summed E-state index contributed by atoms with van der Waals surface area (Å²) in [7, 11) is 4.04. The molecule has 1 aliphatic carbocycles. The molecule has 2 rings (SSSR count). The largest absolute Gasteiger partial charge is 0.386 e. The molecule has 1 heterocycles. The van der Waals surface area contributed by atoms with Crippen LogP contribution in [0.4, 0.5) is 0 Å². The maximum atomic E-state index is 10.8. The molecule has 0 aromatic carbocycles. The number of aromatic nitrogens is 2. The second-order valence-corrected chi connectivity index (χ2v) is 7.68. The molecule has 1 saturated carbocycles. The highest BCUT2D eigenvalue weighted by molar-refractivity contribution is 6.31. The quantitative estimate of drug-likeness (QED) is 0.909. The van der Waals surface area contributed by atoms with Crippen LogP contribution in [0.2, 0.25) is 5.02 Å². The highest BCUT2D eigenvalue weighted by Gasteiger charge is 2.67. The van der Waals surface area contributed by atoms with Gasteiger partial charge in [-0.2, -0.15) is 5.10 Å². The van der Waals surface area contributed by atoms with Crippen LogP contribution in [0.5, 0.6) is 0 Å². The summed E-state index contributed by atoms with van der Waals surface area (Å²) in [5, 5.41) is 15.7. The van der Waals surface area contributed by atoms with Gasteiger partial charge in [-0.25, -0.2) is 0 Å². The van der Waals surface area contributed by atoms with E-state index in [4.69, 9.17) is 11.6 Å². The van der Waals surface area contributed by atoms with Crippen molar-refractivity contribution < 1.29 is 5.11 Å². The number of aliphatic hydroxyl groups excluding tert-OH is 1. The van der Waals surface area contributed by atoms with E-state index in [-0.39, 0.29) is 16.7 Å². The second-order valence-electron chi connectivity index (χ2n) is 7.27. The Morgan fingerprint density at radius 3 is 2.35 bits per heavy atom. The minimum Gasteiger partial charge on any atom is -0.386 e. The zero-order valence-electron chi connectivity index (χ0n) is 13.3. The van der Waals surface area contributed by atoms with Crippen molar-refractivity contribution in [2.45, 2.75) is 40.3 Å². The molecule has 1 fully saturated rings. The van der Waals surface area contributed by atoms with E-state index in [9.17, 15) is 5.11 Å². The lowest BCUT2D eigenvalue weighted by molar-refractivity contribution is 0.120. The first-order valence-electron chi connectivity index (χ1n) is 7.14. The minimum absolute atomic E-state index is 0.117. The summed E-state index contributed by atoms with van der Waals surface area (Å²) >= 11 is 6.26. The molecule has 1 aromatic heterocycles. The van der Waals surface area contributed by atoms with Gasteiger partial charge in [-0.3, -0.25) is 4.68 Å². The molecule has 20 heavy (non-hydrogen) atoms. The average Bonchev–Trinajstić information content (AvgIpc) is 2.59. The third-order valence-corrected chi connectivity index (χ3v) is 5.61. The van der Waals surface area contributed by atoms with E-state index >= 15 is 0 Å². The monoisotopic (exact) mass is 299 g/mol. The van der Waals surface area contributed by atoms with Gasteiger partial charge in [0.2, 0.25) is 0 Å². The van der Waals surface area contributed by atoms with Crippen LogP contribution in [-0.4, -0.2) is 40.4 Å². The van der Waals surface area contributed by atoms with Crippen molar-refractivity contribution in [2.75, 3.05) is 20.6 Å². The topological polar surface area (TPSA) is 41.3 Å². The third kappa shape index (κ3) is 2.38. The van der Waals surface area contributed by atoms with E-state index in [0.717, 1.165) is 18.8 Å². The molecule has 0 spiro atoms. The van der Waals surface area contributed by atoms with Crippen LogP contribution in [0.1, 0.15) is 39.5 Å². The van der Waals surface area contributed by atoms with Crippen LogP contribution in [-0.2, 0) is 6.54 Å². The molecule has 0 saturated heterocycles. The highest BCUT2D eigenvalue weighted by atomic mass is 35.5. The van der Waals surface area contributed by atoms with Crippen molar-refractivity contribution >= 4 is 11.6 Å². The van der Waals surface area contributed by atoms with Crippen molar-refractivity contribution in [1.29, 1.82) is 0 Å². The van der Waals surface area contributed by atoms with Crippen LogP contribution >= 0.6 is 11.6 Å². The van der Waals surface area contributed by atoms with Crippen LogP contribution in [0, 0.1) is 16.7 Å². The summed E-state index contributed by atoms with van der Waals surface area (Å²) in [5.74, 6) is 0.210. The fourth-order valence-electron chi connectivity index (χ4n) is 3.33. The Labute approximate surface area is 126 Å². The van der Waals surface area contributed by atoms with E-state index in [1.165, 1.54) is 0 Å². The summed E-state index contributed by atoms with van der Waals surface area (Å²) < 4.78 is 1.84. The van der Waals surface area contributed by atoms with Gasteiger partial charge in [-0.05, 0) is 24.9 Å². The van der Waals surface area contributed by atoms with Gasteiger partial charge in [0, 0.05) is 12.5 Å². The maximum absolute atomic E-state index is 10.8. The lowest BCUT2D eigenvalue weighted by atomic mass is 10.0. The molecular weight excluding hydrogens is 274 g/mol. The van der Waals surface area contributed by atoms with Gasteiger partial charge in [0.05, 0.1) is 23.5 Å². The molecule has 1 aliphatic rings. The predicted molar refractivity (Wildman–Crippen MR) is 81.8 cm³/mol. The van der Waals surface area contributed by atoms with E-state index < -0.39 is 6.10 Å². The molecule has 5 heteroatoms. The SMILES string of the molecule is CN(C)CCn1ncc(Cl)c1C(O)C1C(C)(C)C1(C)C. The second kappa shape index (κ2) is 5.00. The highest BCUT2D eigenvalue weighted by Crippen LogP contribution is 2.72. The van der Waals surface area contributed by atoms with Gasteiger partial charge in [0.25, 0.3) is 0 Å². The van der Waals surface area contributed by atoms with Crippen molar-refractivity contribution in [3.63, 3.8) is 0 Å². The maximum Gasteiger partial charge on any atom is 0.101 e. The number of hydrogen-bond donors (Lipinski definition) is 1. The molecule has 0 aliphatic heterocycles. The Morgan fingerprint density at radius 1 is 1.35 bits per heavy atom. The van der Waals surface area contributed by atoms with Crippen LogP contribution in [0.25, 0.3) is 0 Å². The number of aliphatic hydroxyl groups is 1. The van der Waals surface area contributed by atoms with E-state index in [0.29, 0.717) is 5.02 Å². The van der Waals surface area contributed by atoms with E-state index in [1.54, 1.807) is 6.20 Å². The third-order valence-electron chi connectivity index (χ3n) is 5.32. The zero-order valence-corrected chi connectivity index (χ0v) is 14.1. The summed E-state index contributed by atoms with van der Waals surface area (Å²) in [6.45, 7) is 10.4. The molecule has 114 valence electrons. The molecule has 1 unspecified atom stereocenters. The number of halogens is 1. The normalized spacial score (nSPS) is 22.2. The average molecular weight is 300 g/mol. The molecule has 1 atom stereocenters. The first-order chi connectivity index (χ1) is 9.10. The standard InChI is InChI=1S/C15H26ClN3O/c1-14(2)13(15(14,3)4)12(20)11-10(16)9-17-19(11)8-7-18(5)6/h9,12-13,20H,7-8H2,1-6H3. The van der Waals surface area contributed by atoms with Crippen LogP contribution < -0.4 is 0 Å². The summed E-state index contributed by atoms with van der Waals surface area (Å²) in [6, 6.07) is 0. The molecule has 1 N–H and O–H groups in total. The van der Waals surface area contributed by atoms with Crippen LogP contribution in [0.3, 0.4) is 0 Å². The Kier molecular flexibility index (Phi) is 3.95. The minimum atomic E-state index is -0.558. The first kappa shape index (κ1) is 15.8. The molecule has 0 bridgehead atoms. The molecule has 4 nitrogen and oxygen atoms in total. The lowest BCUT2D eigenvalue weighted by Crippen LogP contribution is -2.22. The lowest BCUT2D eigenvalue weighted by Gasteiger charge is -2.17. The molecule has 1 aromatic rings. The predicted octanol–water partition coefficient (Wildman–Crippen LogP) is 2.81. The summed E-state index contributed by atoms with van der Waals surface area (Å²) in [6.07, 6.45) is 1.08. The molecular formula is C15H26ClN3O. The van der Waals surface area contributed by atoms with Gasteiger partial charge in [0.1, 0.15) is 6.10 Å². The summed E-state index contributed by atoms with van der Waals surface area (Å²) in [4.78, 5) is 2.09. The van der Waals surface area contributed by atoms with Gasteiger partial charge >= 0.3 is 0 Å². The van der Waals surface area contributed by atoms with Gasteiger partial charge < -0.3 is 10.0 Å². The number of nitrogens with zero attached hydrogens (tertiary/aromatic N) is 3. The fraction of sp³-hybridized carbons (Fsp3) is 0.800. The Balaban J connectivity index is 2.23. The fourth-order valence-corrected chi connectivity index (χ4v) is 3.59. The zero-order chi connectivity index (χ0) is 15.3. The Hall–Kier alpha value is -0.580. The van der Waals surface area contributed by atoms with E-state index in [2.05, 4.69) is 37.7 Å². The van der Waals surface area contributed by atoms with Crippen molar-refractivity contribution in [2.24, 2.45) is 16.7 Å². The van der Waals surface area contributed by atoms with Crippen molar-refractivity contribution in [3.8, 4) is 0 Å². The van der Waals surface area contributed by atoms with Gasteiger partial charge in [0.15, 0.2) is 0 Å².